The Morgan fingerprint density at radius 2 is 1.71 bits per heavy atom. The Balaban J connectivity index is 1.27. The van der Waals surface area contributed by atoms with Gasteiger partial charge in [0, 0.05) is 16.8 Å². The Morgan fingerprint density at radius 3 is 2.49 bits per heavy atom. The largest absolute Gasteiger partial charge is 0.487 e. The SMILES string of the molecule is C=C(OC(=O)c1ccccc1)C(=O)Nc1ccc2ncnc(Nc3ccc(OCc4cccc(F)c4)c(Cl)c3)c2c1. The number of amides is 1. The number of esters is 1. The molecule has 4 aromatic carbocycles. The van der Waals surface area contributed by atoms with Gasteiger partial charge in [-0.25, -0.2) is 19.2 Å². The van der Waals surface area contributed by atoms with E-state index in [-0.39, 0.29) is 18.2 Å². The molecule has 5 aromatic rings. The van der Waals surface area contributed by atoms with Crippen LogP contribution in [0.2, 0.25) is 5.02 Å². The van der Waals surface area contributed by atoms with Crippen LogP contribution in [0.4, 0.5) is 21.6 Å². The Kier molecular flexibility index (Phi) is 8.17. The zero-order valence-corrected chi connectivity index (χ0v) is 22.2. The number of aromatic nitrogens is 2. The second-order valence-electron chi connectivity index (χ2n) is 8.78. The van der Waals surface area contributed by atoms with E-state index in [0.717, 1.165) is 0 Å². The van der Waals surface area contributed by atoms with Crippen LogP contribution >= 0.6 is 11.6 Å². The lowest BCUT2D eigenvalue weighted by atomic mass is 10.2. The minimum atomic E-state index is -0.687. The van der Waals surface area contributed by atoms with E-state index in [9.17, 15) is 14.0 Å². The highest BCUT2D eigenvalue weighted by molar-refractivity contribution is 6.32. The highest BCUT2D eigenvalue weighted by Crippen LogP contribution is 2.31. The van der Waals surface area contributed by atoms with Gasteiger partial charge in [-0.3, -0.25) is 4.79 Å². The van der Waals surface area contributed by atoms with Crippen LogP contribution < -0.4 is 15.4 Å². The third-order valence-corrected chi connectivity index (χ3v) is 6.15. The number of ether oxygens (including phenoxy) is 2. The lowest BCUT2D eigenvalue weighted by Gasteiger charge is -2.13. The molecule has 1 aromatic heterocycles. The second-order valence-corrected chi connectivity index (χ2v) is 9.18. The van der Waals surface area contributed by atoms with Gasteiger partial charge in [-0.15, -0.1) is 0 Å². The molecule has 0 bridgehead atoms. The third-order valence-electron chi connectivity index (χ3n) is 5.85. The first-order valence-electron chi connectivity index (χ1n) is 12.3. The molecule has 0 aliphatic heterocycles. The predicted molar refractivity (Wildman–Crippen MR) is 155 cm³/mol. The van der Waals surface area contributed by atoms with Crippen molar-refractivity contribution in [3.8, 4) is 5.75 Å². The van der Waals surface area contributed by atoms with Crippen LogP contribution in [0.5, 0.6) is 5.75 Å². The number of halogens is 2. The van der Waals surface area contributed by atoms with E-state index < -0.39 is 11.9 Å². The molecule has 0 radical (unpaired) electrons. The first kappa shape index (κ1) is 27.3. The molecule has 41 heavy (non-hydrogen) atoms. The molecule has 0 saturated carbocycles. The van der Waals surface area contributed by atoms with Crippen molar-refractivity contribution in [2.45, 2.75) is 6.61 Å². The molecule has 2 N–H and O–H groups in total. The number of fused-ring (bicyclic) bond motifs is 1. The molecular weight excluding hydrogens is 547 g/mol. The van der Waals surface area contributed by atoms with Gasteiger partial charge in [0.25, 0.3) is 5.91 Å². The van der Waals surface area contributed by atoms with Crippen molar-refractivity contribution in [1.82, 2.24) is 9.97 Å². The van der Waals surface area contributed by atoms with Crippen molar-refractivity contribution in [3.63, 3.8) is 0 Å². The lowest BCUT2D eigenvalue weighted by molar-refractivity contribution is -0.115. The summed E-state index contributed by atoms with van der Waals surface area (Å²) in [7, 11) is 0. The van der Waals surface area contributed by atoms with Gasteiger partial charge in [0.05, 0.1) is 16.1 Å². The maximum Gasteiger partial charge on any atom is 0.343 e. The number of nitrogens with one attached hydrogen (secondary N) is 2. The number of hydrogen-bond acceptors (Lipinski definition) is 7. The monoisotopic (exact) mass is 568 g/mol. The molecule has 0 spiro atoms. The molecule has 0 unspecified atom stereocenters. The maximum absolute atomic E-state index is 13.4. The fourth-order valence-corrected chi connectivity index (χ4v) is 4.08. The summed E-state index contributed by atoms with van der Waals surface area (Å²) in [6.07, 6.45) is 1.41. The summed E-state index contributed by atoms with van der Waals surface area (Å²) in [5, 5.41) is 6.83. The highest BCUT2D eigenvalue weighted by atomic mass is 35.5. The molecule has 0 aliphatic carbocycles. The van der Waals surface area contributed by atoms with E-state index in [1.54, 1.807) is 78.9 Å². The van der Waals surface area contributed by atoms with E-state index in [0.29, 0.717) is 50.0 Å². The van der Waals surface area contributed by atoms with Crippen molar-refractivity contribution in [3.05, 3.63) is 132 Å². The normalized spacial score (nSPS) is 10.6. The quantitative estimate of drug-likeness (QED) is 0.111. The van der Waals surface area contributed by atoms with Gasteiger partial charge in [-0.1, -0.05) is 48.5 Å². The summed E-state index contributed by atoms with van der Waals surface area (Å²) in [5.74, 6) is -1.16. The number of benzene rings is 4. The third kappa shape index (κ3) is 6.84. The minimum Gasteiger partial charge on any atom is -0.487 e. The molecule has 5 rings (SSSR count). The smallest absolute Gasteiger partial charge is 0.343 e. The van der Waals surface area contributed by atoms with Crippen LogP contribution in [-0.4, -0.2) is 21.8 Å². The van der Waals surface area contributed by atoms with Crippen LogP contribution in [-0.2, 0) is 16.1 Å². The van der Waals surface area contributed by atoms with Crippen molar-refractivity contribution in [1.29, 1.82) is 0 Å². The minimum absolute atomic E-state index is 0.160. The Bertz CT molecular complexity index is 1760. The fraction of sp³-hybridized carbons (Fsp3) is 0.0323. The molecule has 0 atom stereocenters. The summed E-state index contributed by atoms with van der Waals surface area (Å²) in [4.78, 5) is 33.5. The van der Waals surface area contributed by atoms with E-state index in [4.69, 9.17) is 21.1 Å². The summed E-state index contributed by atoms with van der Waals surface area (Å²) in [6.45, 7) is 3.73. The molecule has 1 heterocycles. The molecule has 0 saturated heterocycles. The van der Waals surface area contributed by atoms with E-state index in [2.05, 4.69) is 27.2 Å². The first-order valence-corrected chi connectivity index (χ1v) is 12.7. The molecule has 8 nitrogen and oxygen atoms in total. The topological polar surface area (TPSA) is 102 Å². The summed E-state index contributed by atoms with van der Waals surface area (Å²) in [5.41, 5.74) is 2.64. The van der Waals surface area contributed by atoms with Gasteiger partial charge in [-0.05, 0) is 66.2 Å². The number of nitrogens with zero attached hydrogens (tertiary/aromatic N) is 2. The molecular formula is C31H22ClFN4O4. The van der Waals surface area contributed by atoms with E-state index in [1.165, 1.54) is 18.5 Å². The number of anilines is 3. The lowest BCUT2D eigenvalue weighted by Crippen LogP contribution is -2.18. The Hall–Kier alpha value is -5.28. The van der Waals surface area contributed by atoms with Crippen LogP contribution in [0.3, 0.4) is 0 Å². The van der Waals surface area contributed by atoms with Crippen LogP contribution in [0.1, 0.15) is 15.9 Å². The van der Waals surface area contributed by atoms with Crippen molar-refractivity contribution < 1.29 is 23.5 Å². The zero-order chi connectivity index (χ0) is 28.8. The zero-order valence-electron chi connectivity index (χ0n) is 21.4. The Morgan fingerprint density at radius 1 is 0.902 bits per heavy atom. The van der Waals surface area contributed by atoms with Gasteiger partial charge in [0.1, 0.15) is 30.3 Å². The number of hydrogen-bond donors (Lipinski definition) is 2. The van der Waals surface area contributed by atoms with Gasteiger partial charge in [-0.2, -0.15) is 0 Å². The van der Waals surface area contributed by atoms with Gasteiger partial charge in [0.15, 0.2) is 5.76 Å². The van der Waals surface area contributed by atoms with E-state index >= 15 is 0 Å². The average molecular weight is 569 g/mol. The fourth-order valence-electron chi connectivity index (χ4n) is 3.85. The van der Waals surface area contributed by atoms with Crippen LogP contribution in [0, 0.1) is 5.82 Å². The van der Waals surface area contributed by atoms with Crippen molar-refractivity contribution in [2.24, 2.45) is 0 Å². The standard InChI is InChI=1S/C31H22ClFN4O4/c1-19(41-31(39)21-7-3-2-4-8-21)30(38)37-23-10-12-27-25(15-23)29(35-18-34-27)36-24-11-13-28(26(32)16-24)40-17-20-6-5-9-22(33)14-20/h2-16,18H,1,17H2,(H,37,38)(H,34,35,36). The molecule has 0 fully saturated rings. The molecule has 0 aliphatic rings. The van der Waals surface area contributed by atoms with Crippen LogP contribution in [0.25, 0.3) is 10.9 Å². The van der Waals surface area contributed by atoms with Gasteiger partial charge < -0.3 is 20.1 Å². The molecule has 1 amide bonds. The van der Waals surface area contributed by atoms with Crippen molar-refractivity contribution >= 4 is 51.6 Å². The summed E-state index contributed by atoms with van der Waals surface area (Å²) >= 11 is 6.44. The highest BCUT2D eigenvalue weighted by Gasteiger charge is 2.16. The molecule has 10 heteroatoms. The number of rotatable bonds is 9. The average Bonchev–Trinajstić information content (AvgIpc) is 2.97. The predicted octanol–water partition coefficient (Wildman–Crippen LogP) is 7.05. The second kappa shape index (κ2) is 12.3. The van der Waals surface area contributed by atoms with E-state index in [1.807, 2.05) is 0 Å². The first-order chi connectivity index (χ1) is 19.9. The van der Waals surface area contributed by atoms with Crippen molar-refractivity contribution in [2.75, 3.05) is 10.6 Å². The van der Waals surface area contributed by atoms with Crippen LogP contribution in [0.15, 0.2) is 110 Å². The molecule has 204 valence electrons. The van der Waals surface area contributed by atoms with Gasteiger partial charge >= 0.3 is 5.97 Å². The Labute approximate surface area is 239 Å². The summed E-state index contributed by atoms with van der Waals surface area (Å²) < 4.78 is 24.3. The summed E-state index contributed by atoms with van der Waals surface area (Å²) in [6, 6.07) is 24.6. The maximum atomic E-state index is 13.4. The van der Waals surface area contributed by atoms with Gasteiger partial charge in [0.2, 0.25) is 0 Å². The number of carbonyl (C=O) groups is 2. The number of carbonyl (C=O) groups excluding carboxylic acids is 2.